The van der Waals surface area contributed by atoms with Crippen LogP contribution in [0.4, 0.5) is 0 Å². The van der Waals surface area contributed by atoms with Crippen molar-refractivity contribution in [2.45, 2.75) is 13.1 Å². The zero-order valence-electron chi connectivity index (χ0n) is 7.88. The lowest BCUT2D eigenvalue weighted by atomic mass is 10.4. The second-order valence-corrected chi connectivity index (χ2v) is 2.78. The Kier molecular flexibility index (Phi) is 3.75. The van der Waals surface area contributed by atoms with E-state index in [0.717, 1.165) is 0 Å². The van der Waals surface area contributed by atoms with Crippen molar-refractivity contribution in [2.75, 3.05) is 6.54 Å². The Morgan fingerprint density at radius 1 is 1.60 bits per heavy atom. The van der Waals surface area contributed by atoms with Gasteiger partial charge in [0.2, 0.25) is 5.91 Å². The molecule has 82 valence electrons. The smallest absolute Gasteiger partial charge is 0.325 e. The number of carbonyl (C=O) groups is 2. The normalized spacial score (nSPS) is 9.93. The number of nitrogens with one attached hydrogen (secondary N) is 1. The van der Waals surface area contributed by atoms with Crippen LogP contribution in [0.15, 0.2) is 6.20 Å². The van der Waals surface area contributed by atoms with Crippen LogP contribution in [0.1, 0.15) is 5.69 Å². The van der Waals surface area contributed by atoms with Crippen molar-refractivity contribution >= 4 is 11.9 Å². The predicted octanol–water partition coefficient (Wildman–Crippen LogP) is -2.06. The lowest BCUT2D eigenvalue weighted by Crippen LogP contribution is -2.29. The molecule has 0 saturated carbocycles. The van der Waals surface area contributed by atoms with Gasteiger partial charge in [0.25, 0.3) is 0 Å². The zero-order valence-corrected chi connectivity index (χ0v) is 7.88. The lowest BCUT2D eigenvalue weighted by molar-refractivity contribution is -0.137. The molecule has 8 heteroatoms. The molecular weight excluding hydrogens is 202 g/mol. The molecule has 8 nitrogen and oxygen atoms in total. The van der Waals surface area contributed by atoms with Crippen molar-refractivity contribution in [1.29, 1.82) is 0 Å². The highest BCUT2D eigenvalue weighted by atomic mass is 16.4. The third-order valence-electron chi connectivity index (χ3n) is 1.54. The van der Waals surface area contributed by atoms with Crippen LogP contribution in [0.3, 0.4) is 0 Å². The second kappa shape index (κ2) is 5.05. The Morgan fingerprint density at radius 2 is 2.33 bits per heavy atom. The van der Waals surface area contributed by atoms with Gasteiger partial charge in [-0.1, -0.05) is 5.21 Å². The van der Waals surface area contributed by atoms with Crippen LogP contribution in [0.2, 0.25) is 0 Å². The molecular formula is C7H11N5O3. The first-order chi connectivity index (χ1) is 7.11. The molecule has 15 heavy (non-hydrogen) atoms. The summed E-state index contributed by atoms with van der Waals surface area (Å²) in [7, 11) is 0. The number of aliphatic carboxylic acids is 1. The molecule has 0 aliphatic carbocycles. The fourth-order valence-electron chi connectivity index (χ4n) is 0.897. The summed E-state index contributed by atoms with van der Waals surface area (Å²) < 4.78 is 1.17. The molecule has 1 aromatic heterocycles. The van der Waals surface area contributed by atoms with Crippen LogP contribution in [0.25, 0.3) is 0 Å². The van der Waals surface area contributed by atoms with E-state index in [9.17, 15) is 9.59 Å². The van der Waals surface area contributed by atoms with Crippen LogP contribution >= 0.6 is 0 Å². The summed E-state index contributed by atoms with van der Waals surface area (Å²) in [6.45, 7) is -0.156. The minimum Gasteiger partial charge on any atom is -0.480 e. The number of nitrogens with two attached hydrogens (primary N) is 1. The van der Waals surface area contributed by atoms with Crippen LogP contribution in [0.5, 0.6) is 0 Å². The maximum atomic E-state index is 10.8. The number of amides is 1. The first-order valence-electron chi connectivity index (χ1n) is 4.19. The van der Waals surface area contributed by atoms with Gasteiger partial charge in [0.15, 0.2) is 0 Å². The first kappa shape index (κ1) is 11.1. The molecule has 0 unspecified atom stereocenters. The minimum absolute atomic E-state index is 0.0940. The monoisotopic (exact) mass is 213 g/mol. The largest absolute Gasteiger partial charge is 0.480 e. The van der Waals surface area contributed by atoms with Crippen LogP contribution < -0.4 is 11.1 Å². The molecule has 0 atom stereocenters. The fourth-order valence-corrected chi connectivity index (χ4v) is 0.897. The average molecular weight is 213 g/mol. The standard InChI is InChI=1S/C7H11N5O3/c8-1-6(13)9-2-5-3-12(11-10-5)4-7(14)15/h3H,1-2,4,8H2,(H,9,13)(H,14,15). The third-order valence-corrected chi connectivity index (χ3v) is 1.54. The lowest BCUT2D eigenvalue weighted by Gasteiger charge is -1.98. The summed E-state index contributed by atoms with van der Waals surface area (Å²) in [4.78, 5) is 21.1. The summed E-state index contributed by atoms with van der Waals surface area (Å²) in [6.07, 6.45) is 1.45. The maximum absolute atomic E-state index is 10.8. The number of hydrogen-bond acceptors (Lipinski definition) is 5. The molecule has 1 rings (SSSR count). The van der Waals surface area contributed by atoms with Gasteiger partial charge in [0.05, 0.1) is 19.3 Å². The van der Waals surface area contributed by atoms with E-state index >= 15 is 0 Å². The Hall–Kier alpha value is -1.96. The van der Waals surface area contributed by atoms with Crippen molar-refractivity contribution < 1.29 is 14.7 Å². The number of rotatable bonds is 5. The highest BCUT2D eigenvalue weighted by Crippen LogP contribution is 1.92. The summed E-state index contributed by atoms with van der Waals surface area (Å²) >= 11 is 0. The van der Waals surface area contributed by atoms with Crippen LogP contribution in [-0.4, -0.2) is 38.5 Å². The molecule has 1 heterocycles. The number of aromatic nitrogens is 3. The Morgan fingerprint density at radius 3 is 2.93 bits per heavy atom. The Bertz CT molecular complexity index is 361. The van der Waals surface area contributed by atoms with Gasteiger partial charge >= 0.3 is 5.97 Å². The number of hydrogen-bond donors (Lipinski definition) is 3. The number of carbonyl (C=O) groups excluding carboxylic acids is 1. The highest BCUT2D eigenvalue weighted by molar-refractivity contribution is 5.77. The number of carboxylic acid groups (broad SMARTS) is 1. The Balaban J connectivity index is 2.46. The summed E-state index contributed by atoms with van der Waals surface area (Å²) in [5, 5.41) is 18.2. The highest BCUT2D eigenvalue weighted by Gasteiger charge is 2.04. The maximum Gasteiger partial charge on any atom is 0.325 e. The van der Waals surface area contributed by atoms with E-state index in [4.69, 9.17) is 10.8 Å². The van der Waals surface area contributed by atoms with Gasteiger partial charge < -0.3 is 16.2 Å². The van der Waals surface area contributed by atoms with Gasteiger partial charge in [0, 0.05) is 0 Å². The first-order valence-corrected chi connectivity index (χ1v) is 4.19. The molecule has 4 N–H and O–H groups in total. The van der Waals surface area contributed by atoms with E-state index < -0.39 is 5.97 Å². The minimum atomic E-state index is -1.00. The molecule has 0 aliphatic rings. The number of nitrogens with zero attached hydrogens (tertiary/aromatic N) is 3. The molecule has 0 saturated heterocycles. The summed E-state index contributed by atoms with van der Waals surface area (Å²) in [5.41, 5.74) is 5.56. The van der Waals surface area contributed by atoms with E-state index in [-0.39, 0.29) is 25.5 Å². The van der Waals surface area contributed by atoms with E-state index in [2.05, 4.69) is 15.6 Å². The Labute approximate surface area is 85.1 Å². The summed E-state index contributed by atoms with van der Waals surface area (Å²) in [6, 6.07) is 0. The van der Waals surface area contributed by atoms with Crippen LogP contribution in [-0.2, 0) is 22.7 Å². The van der Waals surface area contributed by atoms with E-state index in [1.54, 1.807) is 0 Å². The molecule has 1 aromatic rings. The average Bonchev–Trinajstić information content (AvgIpc) is 2.61. The summed E-state index contributed by atoms with van der Waals surface area (Å²) in [5.74, 6) is -1.31. The van der Waals surface area contributed by atoms with Crippen molar-refractivity contribution in [3.05, 3.63) is 11.9 Å². The number of carboxylic acids is 1. The van der Waals surface area contributed by atoms with Gasteiger partial charge in [0.1, 0.15) is 12.2 Å². The molecule has 0 bridgehead atoms. The fraction of sp³-hybridized carbons (Fsp3) is 0.429. The van der Waals surface area contributed by atoms with Gasteiger partial charge in [-0.2, -0.15) is 0 Å². The molecule has 0 aliphatic heterocycles. The molecule has 0 radical (unpaired) electrons. The topological polar surface area (TPSA) is 123 Å². The van der Waals surface area contributed by atoms with Gasteiger partial charge in [-0.25, -0.2) is 4.68 Å². The van der Waals surface area contributed by atoms with Crippen molar-refractivity contribution in [3.8, 4) is 0 Å². The quantitative estimate of drug-likeness (QED) is 0.516. The van der Waals surface area contributed by atoms with Crippen molar-refractivity contribution in [2.24, 2.45) is 5.73 Å². The predicted molar refractivity (Wildman–Crippen MR) is 48.6 cm³/mol. The van der Waals surface area contributed by atoms with E-state index in [1.165, 1.54) is 10.9 Å². The molecule has 0 aromatic carbocycles. The molecule has 0 spiro atoms. The van der Waals surface area contributed by atoms with Gasteiger partial charge in [-0.15, -0.1) is 5.10 Å². The molecule has 0 fully saturated rings. The SMILES string of the molecule is NCC(=O)NCc1cn(CC(=O)O)nn1. The van der Waals surface area contributed by atoms with Crippen molar-refractivity contribution in [3.63, 3.8) is 0 Å². The third kappa shape index (κ3) is 3.73. The van der Waals surface area contributed by atoms with Crippen LogP contribution in [0, 0.1) is 0 Å². The van der Waals surface area contributed by atoms with Gasteiger partial charge in [-0.3, -0.25) is 9.59 Å². The molecule has 1 amide bonds. The van der Waals surface area contributed by atoms with E-state index in [1.807, 2.05) is 0 Å². The second-order valence-electron chi connectivity index (χ2n) is 2.78. The zero-order chi connectivity index (χ0) is 11.3. The van der Waals surface area contributed by atoms with Crippen molar-refractivity contribution in [1.82, 2.24) is 20.3 Å². The van der Waals surface area contributed by atoms with Gasteiger partial charge in [-0.05, 0) is 0 Å². The van der Waals surface area contributed by atoms with E-state index in [0.29, 0.717) is 5.69 Å².